The lowest BCUT2D eigenvalue weighted by atomic mass is 10.00. The maximum absolute atomic E-state index is 11.9. The van der Waals surface area contributed by atoms with Crippen molar-refractivity contribution in [2.24, 2.45) is 0 Å². The SMILES string of the molecule is O=C(NCC[C@H](CCO)c1cccs1)c1cc(Br)cs1. The zero-order chi connectivity index (χ0) is 14.4. The van der Waals surface area contributed by atoms with Crippen LogP contribution in [0.2, 0.25) is 0 Å². The number of nitrogens with one attached hydrogen (secondary N) is 1. The van der Waals surface area contributed by atoms with Crippen LogP contribution in [-0.2, 0) is 0 Å². The Bertz CT molecular complexity index is 539. The number of aliphatic hydroxyl groups excluding tert-OH is 1. The molecule has 3 nitrogen and oxygen atoms in total. The van der Waals surface area contributed by atoms with Crippen molar-refractivity contribution in [3.05, 3.63) is 43.2 Å². The molecule has 0 fully saturated rings. The van der Waals surface area contributed by atoms with Crippen LogP contribution >= 0.6 is 38.6 Å². The number of hydrogen-bond donors (Lipinski definition) is 2. The molecule has 2 aromatic heterocycles. The van der Waals surface area contributed by atoms with Gasteiger partial charge in [-0.2, -0.15) is 0 Å². The lowest BCUT2D eigenvalue weighted by molar-refractivity contribution is 0.0956. The fraction of sp³-hybridized carbons (Fsp3) is 0.357. The molecule has 0 unspecified atom stereocenters. The van der Waals surface area contributed by atoms with Gasteiger partial charge in [0.1, 0.15) is 0 Å². The van der Waals surface area contributed by atoms with E-state index in [0.29, 0.717) is 17.3 Å². The number of hydrogen-bond acceptors (Lipinski definition) is 4. The van der Waals surface area contributed by atoms with Crippen LogP contribution < -0.4 is 5.32 Å². The molecule has 1 atom stereocenters. The number of halogens is 1. The van der Waals surface area contributed by atoms with Crippen molar-refractivity contribution in [2.45, 2.75) is 18.8 Å². The predicted molar refractivity (Wildman–Crippen MR) is 87.7 cm³/mol. The Morgan fingerprint density at radius 3 is 2.85 bits per heavy atom. The van der Waals surface area contributed by atoms with Crippen LogP contribution in [0.15, 0.2) is 33.4 Å². The number of thiophene rings is 2. The van der Waals surface area contributed by atoms with Crippen molar-refractivity contribution < 1.29 is 9.90 Å². The van der Waals surface area contributed by atoms with E-state index in [0.717, 1.165) is 17.3 Å². The molecule has 0 bridgehead atoms. The minimum absolute atomic E-state index is 0.0328. The molecule has 0 saturated carbocycles. The molecular formula is C14H16BrNO2S2. The Morgan fingerprint density at radius 2 is 2.25 bits per heavy atom. The fourth-order valence-corrected chi connectivity index (χ4v) is 4.23. The second-order valence-corrected chi connectivity index (χ2v) is 7.20. The smallest absolute Gasteiger partial charge is 0.261 e. The normalized spacial score (nSPS) is 12.3. The maximum atomic E-state index is 11.9. The van der Waals surface area contributed by atoms with E-state index in [1.54, 1.807) is 11.3 Å². The molecule has 0 spiro atoms. The van der Waals surface area contributed by atoms with E-state index < -0.39 is 0 Å². The van der Waals surface area contributed by atoms with E-state index in [4.69, 9.17) is 5.11 Å². The van der Waals surface area contributed by atoms with Crippen molar-refractivity contribution in [3.63, 3.8) is 0 Å². The van der Waals surface area contributed by atoms with Gasteiger partial charge in [-0.3, -0.25) is 4.79 Å². The van der Waals surface area contributed by atoms with E-state index in [2.05, 4.69) is 27.3 Å². The molecule has 0 aromatic carbocycles. The zero-order valence-electron chi connectivity index (χ0n) is 10.8. The lowest BCUT2D eigenvalue weighted by Crippen LogP contribution is -2.25. The summed E-state index contributed by atoms with van der Waals surface area (Å²) in [6, 6.07) is 5.93. The van der Waals surface area contributed by atoms with Gasteiger partial charge in [0, 0.05) is 27.9 Å². The van der Waals surface area contributed by atoms with E-state index in [1.807, 2.05) is 22.9 Å². The molecule has 2 N–H and O–H groups in total. The van der Waals surface area contributed by atoms with E-state index in [1.165, 1.54) is 16.2 Å². The van der Waals surface area contributed by atoms with Crippen LogP contribution in [-0.4, -0.2) is 24.2 Å². The van der Waals surface area contributed by atoms with Gasteiger partial charge in [-0.15, -0.1) is 22.7 Å². The topological polar surface area (TPSA) is 49.3 Å². The molecule has 0 aliphatic heterocycles. The fourth-order valence-electron chi connectivity index (χ4n) is 1.99. The van der Waals surface area contributed by atoms with Crippen LogP contribution in [0.3, 0.4) is 0 Å². The Labute approximate surface area is 134 Å². The van der Waals surface area contributed by atoms with E-state index in [-0.39, 0.29) is 12.5 Å². The van der Waals surface area contributed by atoms with Gasteiger partial charge in [0.15, 0.2) is 0 Å². The van der Waals surface area contributed by atoms with Crippen molar-refractivity contribution in [1.82, 2.24) is 5.32 Å². The van der Waals surface area contributed by atoms with E-state index >= 15 is 0 Å². The Hall–Kier alpha value is -0.690. The average Bonchev–Trinajstić information content (AvgIpc) is 3.08. The summed E-state index contributed by atoms with van der Waals surface area (Å²) in [5.74, 6) is 0.282. The molecule has 2 rings (SSSR count). The van der Waals surface area contributed by atoms with Crippen molar-refractivity contribution in [1.29, 1.82) is 0 Å². The number of carbonyl (C=O) groups excluding carboxylic acids is 1. The van der Waals surface area contributed by atoms with Gasteiger partial charge >= 0.3 is 0 Å². The Kier molecular flexibility index (Phi) is 6.22. The van der Waals surface area contributed by atoms with Crippen LogP contribution in [0.25, 0.3) is 0 Å². The zero-order valence-corrected chi connectivity index (χ0v) is 14.1. The quantitative estimate of drug-likeness (QED) is 0.773. The molecule has 1 amide bonds. The highest BCUT2D eigenvalue weighted by atomic mass is 79.9. The average molecular weight is 374 g/mol. The van der Waals surface area contributed by atoms with Crippen LogP contribution in [0, 0.1) is 0 Å². The molecule has 20 heavy (non-hydrogen) atoms. The largest absolute Gasteiger partial charge is 0.396 e. The minimum atomic E-state index is -0.0328. The monoisotopic (exact) mass is 373 g/mol. The third-order valence-corrected chi connectivity index (χ3v) is 5.72. The molecule has 108 valence electrons. The summed E-state index contributed by atoms with van der Waals surface area (Å²) >= 11 is 6.47. The summed E-state index contributed by atoms with van der Waals surface area (Å²) < 4.78 is 0.935. The number of carbonyl (C=O) groups is 1. The summed E-state index contributed by atoms with van der Waals surface area (Å²) in [4.78, 5) is 13.9. The molecule has 0 radical (unpaired) electrons. The molecule has 0 saturated heterocycles. The molecule has 0 aliphatic rings. The standard InChI is InChI=1S/C14H16BrNO2S2/c15-11-8-13(20-9-11)14(18)16-5-3-10(4-6-17)12-2-1-7-19-12/h1-2,7-10,17H,3-6H2,(H,16,18)/t10-/m1/s1. The van der Waals surface area contributed by atoms with Gasteiger partial charge in [0.2, 0.25) is 0 Å². The predicted octanol–water partition coefficient (Wildman–Crippen LogP) is 3.86. The van der Waals surface area contributed by atoms with Gasteiger partial charge in [-0.05, 0) is 52.2 Å². The highest BCUT2D eigenvalue weighted by Gasteiger charge is 2.13. The van der Waals surface area contributed by atoms with Crippen LogP contribution in [0.5, 0.6) is 0 Å². The summed E-state index contributed by atoms with van der Waals surface area (Å²) in [5, 5.41) is 16.0. The summed E-state index contributed by atoms with van der Waals surface area (Å²) in [6.45, 7) is 0.797. The van der Waals surface area contributed by atoms with Gasteiger partial charge in [-0.25, -0.2) is 0 Å². The van der Waals surface area contributed by atoms with Gasteiger partial charge < -0.3 is 10.4 Å². The first-order chi connectivity index (χ1) is 9.70. The van der Waals surface area contributed by atoms with E-state index in [9.17, 15) is 4.79 Å². The third kappa shape index (κ3) is 4.41. The van der Waals surface area contributed by atoms with Crippen LogP contribution in [0.4, 0.5) is 0 Å². The van der Waals surface area contributed by atoms with Crippen molar-refractivity contribution in [3.8, 4) is 0 Å². The lowest BCUT2D eigenvalue weighted by Gasteiger charge is -2.14. The molecule has 6 heteroatoms. The first-order valence-electron chi connectivity index (χ1n) is 6.37. The van der Waals surface area contributed by atoms with Gasteiger partial charge in [-0.1, -0.05) is 6.07 Å². The second-order valence-electron chi connectivity index (χ2n) is 4.40. The highest BCUT2D eigenvalue weighted by Crippen LogP contribution is 2.27. The highest BCUT2D eigenvalue weighted by molar-refractivity contribution is 9.10. The number of aliphatic hydroxyl groups is 1. The molecular weight excluding hydrogens is 358 g/mol. The summed E-state index contributed by atoms with van der Waals surface area (Å²) in [6.07, 6.45) is 1.58. The molecule has 2 heterocycles. The van der Waals surface area contributed by atoms with Crippen LogP contribution in [0.1, 0.15) is 33.3 Å². The van der Waals surface area contributed by atoms with Gasteiger partial charge in [0.25, 0.3) is 5.91 Å². The number of amides is 1. The first-order valence-corrected chi connectivity index (χ1v) is 8.92. The van der Waals surface area contributed by atoms with Crippen molar-refractivity contribution in [2.75, 3.05) is 13.2 Å². The Balaban J connectivity index is 1.83. The first kappa shape index (κ1) is 15.7. The molecule has 2 aromatic rings. The minimum Gasteiger partial charge on any atom is -0.396 e. The number of rotatable bonds is 7. The van der Waals surface area contributed by atoms with Crippen molar-refractivity contribution >= 4 is 44.5 Å². The third-order valence-electron chi connectivity index (χ3n) is 2.99. The maximum Gasteiger partial charge on any atom is 0.261 e. The Morgan fingerprint density at radius 1 is 1.40 bits per heavy atom. The van der Waals surface area contributed by atoms with Gasteiger partial charge in [0.05, 0.1) is 4.88 Å². The summed E-state index contributed by atoms with van der Waals surface area (Å²) in [7, 11) is 0. The molecule has 0 aliphatic carbocycles. The summed E-state index contributed by atoms with van der Waals surface area (Å²) in [5.41, 5.74) is 0. The second kappa shape index (κ2) is 7.93.